The van der Waals surface area contributed by atoms with Gasteiger partial charge in [0.2, 0.25) is 0 Å². The molecule has 4 heteroatoms. The van der Waals surface area contributed by atoms with Crippen LogP contribution < -0.4 is 10.1 Å². The van der Waals surface area contributed by atoms with E-state index in [2.05, 4.69) is 5.32 Å². The highest BCUT2D eigenvalue weighted by atomic mass is 19.1. The van der Waals surface area contributed by atoms with Gasteiger partial charge >= 0.3 is 0 Å². The van der Waals surface area contributed by atoms with Gasteiger partial charge in [-0.1, -0.05) is 18.2 Å². The van der Waals surface area contributed by atoms with E-state index in [9.17, 15) is 8.78 Å². The molecule has 2 aromatic carbocycles. The largest absolute Gasteiger partial charge is 0.497 e. The molecule has 1 N–H and O–H groups in total. The Bertz CT molecular complexity index is 586. The monoisotopic (exact) mass is 277 g/mol. The minimum atomic E-state index is -0.316. The molecule has 2 nitrogen and oxygen atoms in total. The van der Waals surface area contributed by atoms with Crippen molar-refractivity contribution >= 4 is 0 Å². The van der Waals surface area contributed by atoms with Crippen molar-refractivity contribution in [1.82, 2.24) is 5.32 Å². The van der Waals surface area contributed by atoms with Crippen molar-refractivity contribution in [2.24, 2.45) is 0 Å². The van der Waals surface area contributed by atoms with Gasteiger partial charge in [-0.25, -0.2) is 8.78 Å². The average molecular weight is 277 g/mol. The summed E-state index contributed by atoms with van der Waals surface area (Å²) in [6.45, 7) is 2.28. The summed E-state index contributed by atoms with van der Waals surface area (Å²) in [5.74, 6) is -0.0977. The summed E-state index contributed by atoms with van der Waals surface area (Å²) in [7, 11) is 1.50. The predicted molar refractivity (Wildman–Crippen MR) is 74.6 cm³/mol. The van der Waals surface area contributed by atoms with Gasteiger partial charge < -0.3 is 10.1 Å². The third-order valence-electron chi connectivity index (χ3n) is 3.21. The van der Waals surface area contributed by atoms with Crippen LogP contribution in [0.1, 0.15) is 24.1 Å². The smallest absolute Gasteiger partial charge is 0.131 e. The molecular formula is C16H17F2NO. The number of methoxy groups -OCH3 is 1. The van der Waals surface area contributed by atoms with E-state index in [1.165, 1.54) is 25.3 Å². The standard InChI is InChI=1S/C16H17F2NO/c1-11(12-4-3-5-14(17)8-12)19-10-13-6-7-15(20-2)9-16(13)18/h3-9,11,19H,10H2,1-2H3/t11-/m1/s1. The van der Waals surface area contributed by atoms with E-state index in [4.69, 9.17) is 4.74 Å². The molecule has 0 saturated carbocycles. The summed E-state index contributed by atoms with van der Waals surface area (Å²) in [5.41, 5.74) is 1.38. The lowest BCUT2D eigenvalue weighted by Gasteiger charge is -2.15. The first-order valence-corrected chi connectivity index (χ1v) is 6.41. The molecule has 20 heavy (non-hydrogen) atoms. The van der Waals surface area contributed by atoms with Crippen LogP contribution in [-0.2, 0) is 6.54 Å². The van der Waals surface area contributed by atoms with Gasteiger partial charge in [0.15, 0.2) is 0 Å². The van der Waals surface area contributed by atoms with Gasteiger partial charge in [-0.05, 0) is 30.7 Å². The van der Waals surface area contributed by atoms with Gasteiger partial charge in [-0.2, -0.15) is 0 Å². The van der Waals surface area contributed by atoms with E-state index in [1.807, 2.05) is 13.0 Å². The normalized spacial score (nSPS) is 12.2. The van der Waals surface area contributed by atoms with Crippen LogP contribution in [-0.4, -0.2) is 7.11 Å². The molecule has 0 spiro atoms. The van der Waals surface area contributed by atoms with Gasteiger partial charge in [0, 0.05) is 24.2 Å². The molecule has 106 valence electrons. The Balaban J connectivity index is 2.01. The molecule has 0 heterocycles. The van der Waals surface area contributed by atoms with Gasteiger partial charge in [0.1, 0.15) is 17.4 Å². The molecule has 0 bridgehead atoms. The number of hydrogen-bond acceptors (Lipinski definition) is 2. The van der Waals surface area contributed by atoms with Crippen LogP contribution in [0, 0.1) is 11.6 Å². The molecule has 0 aliphatic heterocycles. The lowest BCUT2D eigenvalue weighted by Crippen LogP contribution is -2.18. The first-order chi connectivity index (χ1) is 9.60. The second kappa shape index (κ2) is 6.48. The molecule has 2 aromatic rings. The lowest BCUT2D eigenvalue weighted by atomic mass is 10.1. The Morgan fingerprint density at radius 3 is 2.60 bits per heavy atom. The molecule has 0 radical (unpaired) electrons. The second-order valence-corrected chi connectivity index (χ2v) is 4.61. The van der Waals surface area contributed by atoms with Crippen LogP contribution in [0.4, 0.5) is 8.78 Å². The zero-order valence-electron chi connectivity index (χ0n) is 11.5. The van der Waals surface area contributed by atoms with Gasteiger partial charge in [0.05, 0.1) is 7.11 Å². The minimum Gasteiger partial charge on any atom is -0.497 e. The maximum atomic E-state index is 13.8. The Kier molecular flexibility index (Phi) is 4.69. The first-order valence-electron chi connectivity index (χ1n) is 6.41. The Morgan fingerprint density at radius 1 is 1.15 bits per heavy atom. The average Bonchev–Trinajstić information content (AvgIpc) is 2.45. The number of rotatable bonds is 5. The summed E-state index contributed by atoms with van der Waals surface area (Å²) in [6, 6.07) is 11.1. The predicted octanol–water partition coefficient (Wildman–Crippen LogP) is 3.82. The topological polar surface area (TPSA) is 21.3 Å². The van der Waals surface area contributed by atoms with Crippen molar-refractivity contribution in [1.29, 1.82) is 0 Å². The number of ether oxygens (including phenoxy) is 1. The third-order valence-corrected chi connectivity index (χ3v) is 3.21. The molecule has 0 fully saturated rings. The summed E-state index contributed by atoms with van der Waals surface area (Å²) >= 11 is 0. The van der Waals surface area contributed by atoms with E-state index < -0.39 is 0 Å². The zero-order valence-corrected chi connectivity index (χ0v) is 11.5. The molecule has 0 unspecified atom stereocenters. The van der Waals surface area contributed by atoms with Gasteiger partial charge in [0.25, 0.3) is 0 Å². The molecular weight excluding hydrogens is 260 g/mol. The summed E-state index contributed by atoms with van der Waals surface area (Å²) in [6.07, 6.45) is 0. The fourth-order valence-electron chi connectivity index (χ4n) is 1.96. The van der Waals surface area contributed by atoms with Crippen molar-refractivity contribution in [2.75, 3.05) is 7.11 Å². The molecule has 2 rings (SSSR count). The fraction of sp³-hybridized carbons (Fsp3) is 0.250. The quantitative estimate of drug-likeness (QED) is 0.897. The number of benzene rings is 2. The second-order valence-electron chi connectivity index (χ2n) is 4.61. The van der Waals surface area contributed by atoms with Crippen LogP contribution in [0.15, 0.2) is 42.5 Å². The lowest BCUT2D eigenvalue weighted by molar-refractivity contribution is 0.410. The maximum Gasteiger partial charge on any atom is 0.131 e. The van der Waals surface area contributed by atoms with E-state index in [1.54, 1.807) is 18.2 Å². The first kappa shape index (κ1) is 14.5. The van der Waals surface area contributed by atoms with Crippen molar-refractivity contribution in [3.63, 3.8) is 0 Å². The van der Waals surface area contributed by atoms with E-state index in [-0.39, 0.29) is 17.7 Å². The molecule has 1 atom stereocenters. The van der Waals surface area contributed by atoms with Crippen LogP contribution in [0.25, 0.3) is 0 Å². The molecule has 0 aliphatic carbocycles. The highest BCUT2D eigenvalue weighted by Crippen LogP contribution is 2.18. The highest BCUT2D eigenvalue weighted by molar-refractivity contribution is 5.29. The van der Waals surface area contributed by atoms with Gasteiger partial charge in [-0.3, -0.25) is 0 Å². The minimum absolute atomic E-state index is 0.0628. The van der Waals surface area contributed by atoms with Crippen molar-refractivity contribution in [3.05, 3.63) is 65.2 Å². The Labute approximate surface area is 117 Å². The van der Waals surface area contributed by atoms with E-state index in [0.29, 0.717) is 17.9 Å². The van der Waals surface area contributed by atoms with Crippen molar-refractivity contribution in [2.45, 2.75) is 19.5 Å². The molecule has 0 aromatic heterocycles. The molecule has 0 saturated heterocycles. The SMILES string of the molecule is COc1ccc(CN[C@H](C)c2cccc(F)c2)c(F)c1. The Morgan fingerprint density at radius 2 is 1.95 bits per heavy atom. The Hall–Kier alpha value is -1.94. The molecule has 0 amide bonds. The maximum absolute atomic E-state index is 13.8. The van der Waals surface area contributed by atoms with E-state index in [0.717, 1.165) is 5.56 Å². The number of nitrogens with one attached hydrogen (secondary N) is 1. The summed E-state index contributed by atoms with van der Waals surface area (Å²) < 4.78 is 31.9. The van der Waals surface area contributed by atoms with Crippen LogP contribution in [0.2, 0.25) is 0 Å². The molecule has 0 aliphatic rings. The van der Waals surface area contributed by atoms with Crippen LogP contribution in [0.5, 0.6) is 5.75 Å². The third kappa shape index (κ3) is 3.54. The number of halogens is 2. The van der Waals surface area contributed by atoms with Crippen LogP contribution >= 0.6 is 0 Å². The highest BCUT2D eigenvalue weighted by Gasteiger charge is 2.08. The van der Waals surface area contributed by atoms with Crippen molar-refractivity contribution in [3.8, 4) is 5.75 Å². The van der Waals surface area contributed by atoms with Crippen molar-refractivity contribution < 1.29 is 13.5 Å². The van der Waals surface area contributed by atoms with E-state index >= 15 is 0 Å². The number of hydrogen-bond donors (Lipinski definition) is 1. The van der Waals surface area contributed by atoms with Crippen LogP contribution in [0.3, 0.4) is 0 Å². The summed E-state index contributed by atoms with van der Waals surface area (Å²) in [5, 5.41) is 3.17. The summed E-state index contributed by atoms with van der Waals surface area (Å²) in [4.78, 5) is 0. The van der Waals surface area contributed by atoms with Gasteiger partial charge in [-0.15, -0.1) is 0 Å². The fourth-order valence-corrected chi connectivity index (χ4v) is 1.96. The zero-order chi connectivity index (χ0) is 14.5.